The van der Waals surface area contributed by atoms with Gasteiger partial charge in [0.05, 0.1) is 5.56 Å². The summed E-state index contributed by atoms with van der Waals surface area (Å²) in [4.78, 5) is 24.0. The molecule has 154 valence electrons. The molecule has 0 saturated carbocycles. The minimum atomic E-state index is -0.948. The average molecular weight is 421 g/mol. The Morgan fingerprint density at radius 3 is 2.37 bits per heavy atom. The topological polar surface area (TPSA) is 74.6 Å². The zero-order chi connectivity index (χ0) is 21.5. The molecule has 2 N–H and O–H groups in total. The summed E-state index contributed by atoms with van der Waals surface area (Å²) in [5, 5.41) is 20.8. The summed E-state index contributed by atoms with van der Waals surface area (Å²) in [6, 6.07) is 16.7. The van der Waals surface area contributed by atoms with Gasteiger partial charge in [0, 0.05) is 16.9 Å². The van der Waals surface area contributed by atoms with Crippen molar-refractivity contribution < 1.29 is 19.8 Å². The van der Waals surface area contributed by atoms with Gasteiger partial charge in [0.2, 0.25) is 0 Å². The second-order valence-corrected chi connectivity index (χ2v) is 8.18. The van der Waals surface area contributed by atoms with Gasteiger partial charge in [-0.1, -0.05) is 49.7 Å². The molecule has 0 amide bonds. The second kappa shape index (κ2) is 10.0. The molecule has 0 unspecified atom stereocenters. The quantitative estimate of drug-likeness (QED) is 0.436. The van der Waals surface area contributed by atoms with Gasteiger partial charge in [0.1, 0.15) is 0 Å². The summed E-state index contributed by atoms with van der Waals surface area (Å²) < 4.78 is 0. The lowest BCUT2D eigenvalue weighted by Crippen LogP contribution is -2.05. The fourth-order valence-corrected chi connectivity index (χ4v) is 4.18. The Hall–Kier alpha value is -3.18. The first-order chi connectivity index (χ1) is 14.5. The van der Waals surface area contributed by atoms with Crippen LogP contribution in [0.15, 0.2) is 65.6 Å². The number of hydrogen-bond acceptors (Lipinski definition) is 3. The Bertz CT molecular complexity index is 1050. The van der Waals surface area contributed by atoms with Gasteiger partial charge in [-0.05, 0) is 64.8 Å². The van der Waals surface area contributed by atoms with Crippen molar-refractivity contribution in [2.24, 2.45) is 0 Å². The van der Waals surface area contributed by atoms with E-state index in [1.165, 1.54) is 5.56 Å². The number of benzene rings is 2. The molecule has 30 heavy (non-hydrogen) atoms. The van der Waals surface area contributed by atoms with Crippen molar-refractivity contribution in [1.29, 1.82) is 0 Å². The molecule has 0 fully saturated rings. The lowest BCUT2D eigenvalue weighted by atomic mass is 9.91. The first-order valence-electron chi connectivity index (χ1n) is 9.87. The number of aryl methyl sites for hydroxylation is 1. The highest BCUT2D eigenvalue weighted by atomic mass is 32.1. The predicted molar refractivity (Wildman–Crippen MR) is 120 cm³/mol. The van der Waals surface area contributed by atoms with E-state index in [0.717, 1.165) is 34.4 Å². The standard InChI is InChI=1S/C25H24O4S/c1-2-5-18-6-3-7-20(15-21(25(28)29)16-22-8-4-13-30-22)23(18)14-17-9-11-19(12-10-17)24(26)27/h3-4,6-13,15H,2,5,14,16H2,1H3,(H,26,27)(H,28,29)/b21-15+. The molecule has 0 aliphatic rings. The van der Waals surface area contributed by atoms with Crippen LogP contribution in [0.25, 0.3) is 6.08 Å². The molecular weight excluding hydrogens is 396 g/mol. The molecule has 0 aliphatic carbocycles. The molecule has 3 aromatic rings. The maximum absolute atomic E-state index is 11.9. The van der Waals surface area contributed by atoms with Crippen molar-refractivity contribution >= 4 is 29.4 Å². The molecular formula is C25H24O4S. The van der Waals surface area contributed by atoms with Crippen molar-refractivity contribution in [1.82, 2.24) is 0 Å². The van der Waals surface area contributed by atoms with Gasteiger partial charge in [0.15, 0.2) is 0 Å². The van der Waals surface area contributed by atoms with Crippen LogP contribution < -0.4 is 0 Å². The molecule has 0 atom stereocenters. The third-order valence-electron chi connectivity index (χ3n) is 4.96. The third-order valence-corrected chi connectivity index (χ3v) is 5.84. The summed E-state index contributed by atoms with van der Waals surface area (Å²) in [6.45, 7) is 2.12. The van der Waals surface area contributed by atoms with E-state index in [1.807, 2.05) is 41.8 Å². The predicted octanol–water partition coefficient (Wildman–Crippen LogP) is 5.70. The minimum Gasteiger partial charge on any atom is -0.478 e. The third kappa shape index (κ3) is 5.45. The lowest BCUT2D eigenvalue weighted by Gasteiger charge is -2.14. The maximum atomic E-state index is 11.9. The van der Waals surface area contributed by atoms with Crippen LogP contribution in [-0.2, 0) is 24.1 Å². The van der Waals surface area contributed by atoms with Gasteiger partial charge in [-0.2, -0.15) is 0 Å². The average Bonchev–Trinajstić information content (AvgIpc) is 3.23. The van der Waals surface area contributed by atoms with Crippen LogP contribution in [0.2, 0.25) is 0 Å². The van der Waals surface area contributed by atoms with Crippen molar-refractivity contribution in [3.05, 3.63) is 98.2 Å². The normalized spacial score (nSPS) is 11.4. The molecule has 1 heterocycles. The number of carbonyl (C=O) groups is 2. The molecule has 2 aromatic carbocycles. The summed E-state index contributed by atoms with van der Waals surface area (Å²) in [6.07, 6.45) is 4.67. The van der Waals surface area contributed by atoms with Crippen molar-refractivity contribution in [3.63, 3.8) is 0 Å². The fourth-order valence-electron chi connectivity index (χ4n) is 3.46. The van der Waals surface area contributed by atoms with Gasteiger partial charge < -0.3 is 10.2 Å². The van der Waals surface area contributed by atoms with Gasteiger partial charge >= 0.3 is 11.9 Å². The van der Waals surface area contributed by atoms with Gasteiger partial charge in [-0.15, -0.1) is 11.3 Å². The van der Waals surface area contributed by atoms with Crippen LogP contribution in [0.3, 0.4) is 0 Å². The van der Waals surface area contributed by atoms with E-state index in [0.29, 0.717) is 18.4 Å². The summed E-state index contributed by atoms with van der Waals surface area (Å²) in [5.74, 6) is -1.86. The van der Waals surface area contributed by atoms with E-state index in [-0.39, 0.29) is 5.56 Å². The van der Waals surface area contributed by atoms with Crippen LogP contribution in [0.5, 0.6) is 0 Å². The Morgan fingerprint density at radius 2 is 1.77 bits per heavy atom. The Kier molecular flexibility index (Phi) is 7.20. The lowest BCUT2D eigenvalue weighted by molar-refractivity contribution is -0.132. The Labute approximate surface area is 180 Å². The van der Waals surface area contributed by atoms with E-state index < -0.39 is 11.9 Å². The first kappa shape index (κ1) is 21.5. The zero-order valence-corrected chi connectivity index (χ0v) is 17.6. The SMILES string of the molecule is CCCc1cccc(/C=C(\Cc2cccs2)C(=O)O)c1Cc1ccc(C(=O)O)cc1. The highest BCUT2D eigenvalue weighted by molar-refractivity contribution is 7.09. The van der Waals surface area contributed by atoms with Crippen LogP contribution in [0.1, 0.15) is 50.8 Å². The van der Waals surface area contributed by atoms with Crippen molar-refractivity contribution in [3.8, 4) is 0 Å². The van der Waals surface area contributed by atoms with Crippen molar-refractivity contribution in [2.45, 2.75) is 32.6 Å². The van der Waals surface area contributed by atoms with Crippen molar-refractivity contribution in [2.75, 3.05) is 0 Å². The van der Waals surface area contributed by atoms with Crippen LogP contribution in [0, 0.1) is 0 Å². The molecule has 0 saturated heterocycles. The molecule has 3 rings (SSSR count). The second-order valence-electron chi connectivity index (χ2n) is 7.14. The highest BCUT2D eigenvalue weighted by Crippen LogP contribution is 2.25. The fraction of sp³-hybridized carbons (Fsp3) is 0.200. The summed E-state index contributed by atoms with van der Waals surface area (Å²) in [7, 11) is 0. The molecule has 0 bridgehead atoms. The summed E-state index contributed by atoms with van der Waals surface area (Å²) in [5.41, 5.74) is 4.78. The van der Waals surface area contributed by atoms with Gasteiger partial charge in [-0.3, -0.25) is 0 Å². The first-order valence-corrected chi connectivity index (χ1v) is 10.7. The highest BCUT2D eigenvalue weighted by Gasteiger charge is 2.13. The Balaban J connectivity index is 2.00. The van der Waals surface area contributed by atoms with E-state index in [4.69, 9.17) is 5.11 Å². The molecule has 0 radical (unpaired) electrons. The molecule has 5 heteroatoms. The number of aliphatic carboxylic acids is 1. The van der Waals surface area contributed by atoms with Crippen LogP contribution >= 0.6 is 11.3 Å². The number of rotatable bonds is 9. The van der Waals surface area contributed by atoms with E-state index in [9.17, 15) is 14.7 Å². The molecule has 0 spiro atoms. The van der Waals surface area contributed by atoms with Gasteiger partial charge in [0.25, 0.3) is 0 Å². The smallest absolute Gasteiger partial charge is 0.335 e. The number of thiophene rings is 1. The maximum Gasteiger partial charge on any atom is 0.335 e. The van der Waals surface area contributed by atoms with Crippen LogP contribution in [-0.4, -0.2) is 22.2 Å². The Morgan fingerprint density at radius 1 is 1.00 bits per heavy atom. The summed E-state index contributed by atoms with van der Waals surface area (Å²) >= 11 is 1.55. The molecule has 0 aliphatic heterocycles. The van der Waals surface area contributed by atoms with Crippen LogP contribution in [0.4, 0.5) is 0 Å². The van der Waals surface area contributed by atoms with Gasteiger partial charge in [-0.25, -0.2) is 9.59 Å². The number of hydrogen-bond donors (Lipinski definition) is 2. The van der Waals surface area contributed by atoms with E-state index in [2.05, 4.69) is 13.0 Å². The largest absolute Gasteiger partial charge is 0.478 e. The minimum absolute atomic E-state index is 0.254. The molecule has 4 nitrogen and oxygen atoms in total. The molecule has 1 aromatic heterocycles. The number of carboxylic acids is 2. The van der Waals surface area contributed by atoms with E-state index in [1.54, 1.807) is 29.5 Å². The number of carboxylic acid groups (broad SMARTS) is 2. The van der Waals surface area contributed by atoms with E-state index >= 15 is 0 Å². The monoisotopic (exact) mass is 420 g/mol. The number of aromatic carboxylic acids is 1. The zero-order valence-electron chi connectivity index (χ0n) is 16.8.